The highest BCUT2D eigenvalue weighted by Gasteiger charge is 2.17. The molecule has 1 heterocycles. The van der Waals surface area contributed by atoms with Crippen LogP contribution in [0.4, 0.5) is 0 Å². The molecule has 2 N–H and O–H groups in total. The predicted octanol–water partition coefficient (Wildman–Crippen LogP) is 3.91. The topological polar surface area (TPSA) is 49.3 Å². The molecule has 1 aromatic rings. The number of hydrogen-bond donors (Lipinski definition) is 2. The van der Waals surface area contributed by atoms with Gasteiger partial charge in [0.15, 0.2) is 5.96 Å². The summed E-state index contributed by atoms with van der Waals surface area (Å²) in [6, 6.07) is 0. The molecule has 0 bridgehead atoms. The standard InChI is InChI=1S/C15H28N4S.HI/c1-8-16-13(19-15(5,6)7)17-9-12-18-11(10-20-12)14(2,3)4;/h10H,8-9H2,1-7H3,(H2,16,17,19);1H. The van der Waals surface area contributed by atoms with E-state index in [1.54, 1.807) is 11.3 Å². The molecule has 0 fully saturated rings. The van der Waals surface area contributed by atoms with Gasteiger partial charge in [-0.1, -0.05) is 20.8 Å². The predicted molar refractivity (Wildman–Crippen MR) is 104 cm³/mol. The second-order valence-corrected chi connectivity index (χ2v) is 7.89. The average Bonchev–Trinajstić information content (AvgIpc) is 2.72. The van der Waals surface area contributed by atoms with Crippen molar-refractivity contribution in [2.45, 2.75) is 66.0 Å². The summed E-state index contributed by atoms with van der Waals surface area (Å²) in [4.78, 5) is 9.27. The minimum Gasteiger partial charge on any atom is -0.357 e. The fourth-order valence-corrected chi connectivity index (χ4v) is 2.48. The van der Waals surface area contributed by atoms with Crippen molar-refractivity contribution in [3.63, 3.8) is 0 Å². The first-order valence-corrected chi connectivity index (χ1v) is 8.01. The van der Waals surface area contributed by atoms with Crippen LogP contribution in [0.25, 0.3) is 0 Å². The summed E-state index contributed by atoms with van der Waals surface area (Å²) in [6.45, 7) is 16.5. The molecule has 0 aliphatic carbocycles. The second-order valence-electron chi connectivity index (χ2n) is 6.95. The zero-order chi connectivity index (χ0) is 15.4. The molecule has 0 aliphatic rings. The Kier molecular flexibility index (Phi) is 8.17. The summed E-state index contributed by atoms with van der Waals surface area (Å²) in [6.07, 6.45) is 0. The van der Waals surface area contributed by atoms with E-state index in [-0.39, 0.29) is 34.9 Å². The van der Waals surface area contributed by atoms with Crippen LogP contribution < -0.4 is 10.6 Å². The number of rotatable bonds is 3. The Labute approximate surface area is 150 Å². The van der Waals surface area contributed by atoms with Crippen molar-refractivity contribution in [2.75, 3.05) is 6.54 Å². The average molecular weight is 424 g/mol. The highest BCUT2D eigenvalue weighted by Crippen LogP contribution is 2.24. The summed E-state index contributed by atoms with van der Waals surface area (Å²) in [7, 11) is 0. The van der Waals surface area contributed by atoms with Crippen LogP contribution in [0.2, 0.25) is 0 Å². The van der Waals surface area contributed by atoms with E-state index in [1.165, 1.54) is 0 Å². The van der Waals surface area contributed by atoms with Crippen LogP contribution in [0, 0.1) is 0 Å². The lowest BCUT2D eigenvalue weighted by Gasteiger charge is -2.23. The Hall–Kier alpha value is -0.370. The smallest absolute Gasteiger partial charge is 0.192 e. The minimum absolute atomic E-state index is 0. The van der Waals surface area contributed by atoms with Crippen molar-refractivity contribution in [1.29, 1.82) is 0 Å². The van der Waals surface area contributed by atoms with Gasteiger partial charge in [0.05, 0.1) is 12.2 Å². The molecule has 1 rings (SSSR count). The number of nitrogens with zero attached hydrogens (tertiary/aromatic N) is 2. The molecular weight excluding hydrogens is 395 g/mol. The normalized spacial score (nSPS) is 12.8. The summed E-state index contributed by atoms with van der Waals surface area (Å²) in [5, 5.41) is 9.83. The third-order valence-electron chi connectivity index (χ3n) is 2.53. The number of thiazole rings is 1. The van der Waals surface area contributed by atoms with Crippen molar-refractivity contribution in [2.24, 2.45) is 4.99 Å². The maximum absolute atomic E-state index is 4.67. The van der Waals surface area contributed by atoms with Gasteiger partial charge in [-0.15, -0.1) is 35.3 Å². The van der Waals surface area contributed by atoms with Crippen LogP contribution in [0.3, 0.4) is 0 Å². The molecule has 0 spiro atoms. The SMILES string of the molecule is CCNC(=NCc1nc(C(C)(C)C)cs1)NC(C)(C)C.I. The van der Waals surface area contributed by atoms with Crippen LogP contribution >= 0.6 is 35.3 Å². The Morgan fingerprint density at radius 2 is 1.86 bits per heavy atom. The summed E-state index contributed by atoms with van der Waals surface area (Å²) in [5.41, 5.74) is 1.24. The minimum atomic E-state index is 0. The van der Waals surface area contributed by atoms with Crippen molar-refractivity contribution in [3.8, 4) is 0 Å². The van der Waals surface area contributed by atoms with Gasteiger partial charge in [-0.3, -0.25) is 0 Å². The van der Waals surface area contributed by atoms with Gasteiger partial charge < -0.3 is 10.6 Å². The van der Waals surface area contributed by atoms with Gasteiger partial charge in [-0.05, 0) is 27.7 Å². The molecule has 0 atom stereocenters. The third-order valence-corrected chi connectivity index (χ3v) is 3.36. The van der Waals surface area contributed by atoms with Gasteiger partial charge in [0.1, 0.15) is 5.01 Å². The molecule has 21 heavy (non-hydrogen) atoms. The Morgan fingerprint density at radius 1 is 1.24 bits per heavy atom. The molecule has 1 aromatic heterocycles. The van der Waals surface area contributed by atoms with Crippen LogP contribution in [0.5, 0.6) is 0 Å². The third kappa shape index (κ3) is 7.99. The maximum atomic E-state index is 4.67. The van der Waals surface area contributed by atoms with E-state index in [1.807, 2.05) is 0 Å². The summed E-state index contributed by atoms with van der Waals surface area (Å²) < 4.78 is 0. The van der Waals surface area contributed by atoms with Gasteiger partial charge in [-0.2, -0.15) is 0 Å². The maximum Gasteiger partial charge on any atom is 0.192 e. The molecule has 0 radical (unpaired) electrons. The first kappa shape index (κ1) is 20.6. The highest BCUT2D eigenvalue weighted by atomic mass is 127. The molecule has 122 valence electrons. The van der Waals surface area contributed by atoms with Gasteiger partial charge in [0.25, 0.3) is 0 Å². The van der Waals surface area contributed by atoms with Crippen molar-refractivity contribution >= 4 is 41.3 Å². The van der Waals surface area contributed by atoms with Crippen LogP contribution in [0.1, 0.15) is 59.2 Å². The number of aliphatic imine (C=N–C) groups is 1. The molecule has 0 aromatic carbocycles. The zero-order valence-electron chi connectivity index (χ0n) is 14.2. The van der Waals surface area contributed by atoms with E-state index < -0.39 is 0 Å². The molecule has 0 saturated heterocycles. The molecule has 4 nitrogen and oxygen atoms in total. The Morgan fingerprint density at radius 3 is 2.29 bits per heavy atom. The van der Waals surface area contributed by atoms with Gasteiger partial charge in [0.2, 0.25) is 0 Å². The molecular formula is C15H29IN4S. The molecule has 0 saturated carbocycles. The molecule has 0 unspecified atom stereocenters. The second kappa shape index (κ2) is 8.31. The number of halogens is 1. The lowest BCUT2D eigenvalue weighted by molar-refractivity contribution is 0.501. The van der Waals surface area contributed by atoms with E-state index in [9.17, 15) is 0 Å². The van der Waals surface area contributed by atoms with Crippen molar-refractivity contribution in [3.05, 3.63) is 16.1 Å². The highest BCUT2D eigenvalue weighted by molar-refractivity contribution is 14.0. The number of guanidine groups is 1. The lowest BCUT2D eigenvalue weighted by atomic mass is 9.93. The fourth-order valence-electron chi connectivity index (χ4n) is 1.54. The number of nitrogens with one attached hydrogen (secondary N) is 2. The van der Waals surface area contributed by atoms with Gasteiger partial charge >= 0.3 is 0 Å². The van der Waals surface area contributed by atoms with Gasteiger partial charge in [0, 0.05) is 22.9 Å². The molecule has 6 heteroatoms. The Bertz CT molecular complexity index is 455. The lowest BCUT2D eigenvalue weighted by Crippen LogP contribution is -2.47. The van der Waals surface area contributed by atoms with E-state index in [2.05, 4.69) is 74.5 Å². The van der Waals surface area contributed by atoms with Crippen LogP contribution in [0.15, 0.2) is 10.4 Å². The van der Waals surface area contributed by atoms with Crippen LogP contribution in [-0.4, -0.2) is 23.0 Å². The molecule has 0 amide bonds. The largest absolute Gasteiger partial charge is 0.357 e. The van der Waals surface area contributed by atoms with Crippen molar-refractivity contribution in [1.82, 2.24) is 15.6 Å². The number of hydrogen-bond acceptors (Lipinski definition) is 3. The van der Waals surface area contributed by atoms with E-state index >= 15 is 0 Å². The van der Waals surface area contributed by atoms with E-state index in [0.29, 0.717) is 6.54 Å². The first-order valence-electron chi connectivity index (χ1n) is 7.13. The Balaban J connectivity index is 0.00000400. The van der Waals surface area contributed by atoms with Crippen LogP contribution in [-0.2, 0) is 12.0 Å². The first-order chi connectivity index (χ1) is 9.12. The molecule has 0 aliphatic heterocycles. The quantitative estimate of drug-likeness (QED) is 0.440. The van der Waals surface area contributed by atoms with E-state index in [4.69, 9.17) is 0 Å². The summed E-state index contributed by atoms with van der Waals surface area (Å²) in [5.74, 6) is 0.840. The zero-order valence-corrected chi connectivity index (χ0v) is 17.3. The number of aromatic nitrogens is 1. The van der Waals surface area contributed by atoms with Gasteiger partial charge in [-0.25, -0.2) is 9.98 Å². The monoisotopic (exact) mass is 424 g/mol. The van der Waals surface area contributed by atoms with E-state index in [0.717, 1.165) is 23.2 Å². The van der Waals surface area contributed by atoms with Crippen molar-refractivity contribution < 1.29 is 0 Å². The summed E-state index contributed by atoms with van der Waals surface area (Å²) >= 11 is 1.68. The fraction of sp³-hybridized carbons (Fsp3) is 0.733.